The van der Waals surface area contributed by atoms with Gasteiger partial charge in [0, 0.05) is 6.20 Å². The van der Waals surface area contributed by atoms with E-state index >= 15 is 0 Å². The maximum Gasteiger partial charge on any atom is 0.337 e. The molecule has 6 heteroatoms. The van der Waals surface area contributed by atoms with Crippen LogP contribution in [0.1, 0.15) is 10.4 Å². The Morgan fingerprint density at radius 2 is 2.22 bits per heavy atom. The number of halogens is 1. The summed E-state index contributed by atoms with van der Waals surface area (Å²) in [6, 6.07) is 6.92. The molecular formula is C12H7ClN2O2S. The second-order valence-corrected chi connectivity index (χ2v) is 5.38. The molecule has 0 aromatic carbocycles. The van der Waals surface area contributed by atoms with Crippen LogP contribution in [0.15, 0.2) is 36.7 Å². The first kappa shape index (κ1) is 11.3. The first-order chi connectivity index (χ1) is 8.66. The van der Waals surface area contributed by atoms with Gasteiger partial charge in [-0.25, -0.2) is 9.78 Å². The number of hydrogen-bond donors (Lipinski definition) is 1. The van der Waals surface area contributed by atoms with Crippen LogP contribution in [0, 0.1) is 0 Å². The largest absolute Gasteiger partial charge is 0.478 e. The summed E-state index contributed by atoms with van der Waals surface area (Å²) in [5.41, 5.74) is 0.809. The zero-order valence-corrected chi connectivity index (χ0v) is 10.6. The maximum absolute atomic E-state index is 11.1. The summed E-state index contributed by atoms with van der Waals surface area (Å²) in [4.78, 5) is 16.3. The number of carboxylic acid groups (broad SMARTS) is 1. The van der Waals surface area contributed by atoms with Gasteiger partial charge in [0.25, 0.3) is 0 Å². The quantitative estimate of drug-likeness (QED) is 0.781. The molecule has 90 valence electrons. The first-order valence-corrected chi connectivity index (χ1v) is 6.31. The molecule has 3 heterocycles. The molecule has 3 rings (SSSR count). The average molecular weight is 279 g/mol. The number of rotatable bonds is 2. The number of aromatic nitrogens is 2. The second-order valence-electron chi connectivity index (χ2n) is 3.67. The van der Waals surface area contributed by atoms with Crippen LogP contribution >= 0.6 is 22.9 Å². The number of aromatic carboxylic acids is 1. The summed E-state index contributed by atoms with van der Waals surface area (Å²) in [6.45, 7) is 0. The zero-order chi connectivity index (χ0) is 12.7. The lowest BCUT2D eigenvalue weighted by Crippen LogP contribution is -1.99. The fourth-order valence-corrected chi connectivity index (χ4v) is 2.86. The van der Waals surface area contributed by atoms with E-state index in [2.05, 4.69) is 4.98 Å². The van der Waals surface area contributed by atoms with E-state index in [4.69, 9.17) is 16.7 Å². The molecule has 0 aliphatic carbocycles. The molecule has 0 bridgehead atoms. The van der Waals surface area contributed by atoms with Gasteiger partial charge in [-0.15, -0.1) is 11.3 Å². The summed E-state index contributed by atoms with van der Waals surface area (Å²) in [5, 5.41) is 9.11. The van der Waals surface area contributed by atoms with Crippen LogP contribution in [-0.4, -0.2) is 20.5 Å². The molecule has 0 saturated heterocycles. The van der Waals surface area contributed by atoms with Gasteiger partial charge in [0.15, 0.2) is 5.82 Å². The Bertz CT molecular complexity index is 747. The molecule has 0 aliphatic heterocycles. The lowest BCUT2D eigenvalue weighted by atomic mass is 10.2. The minimum atomic E-state index is -0.962. The molecule has 0 spiro atoms. The van der Waals surface area contributed by atoms with Crippen LogP contribution in [0.25, 0.3) is 16.2 Å². The van der Waals surface area contributed by atoms with Crippen LogP contribution in [0.3, 0.4) is 0 Å². The Balaban J connectivity index is 2.27. The molecule has 4 nitrogen and oxygen atoms in total. The summed E-state index contributed by atoms with van der Waals surface area (Å²) >= 11 is 7.31. The lowest BCUT2D eigenvalue weighted by Gasteiger charge is -2.00. The summed E-state index contributed by atoms with van der Waals surface area (Å²) in [6.07, 6.45) is 3.35. The van der Waals surface area contributed by atoms with Gasteiger partial charge < -0.3 is 5.11 Å². The minimum Gasteiger partial charge on any atom is -0.478 e. The van der Waals surface area contributed by atoms with E-state index in [-0.39, 0.29) is 5.56 Å². The smallest absolute Gasteiger partial charge is 0.337 e. The second kappa shape index (κ2) is 4.12. The number of carbonyl (C=O) groups is 1. The SMILES string of the molecule is O=C(O)c1cccn2c(-c3ccc(Cl)s3)ncc12. The molecule has 3 aromatic heterocycles. The van der Waals surface area contributed by atoms with Crippen LogP contribution in [0.4, 0.5) is 0 Å². The topological polar surface area (TPSA) is 54.6 Å². The Kier molecular flexibility index (Phi) is 2.57. The summed E-state index contributed by atoms with van der Waals surface area (Å²) in [5.74, 6) is -0.263. The minimum absolute atomic E-state index is 0.235. The van der Waals surface area contributed by atoms with Gasteiger partial charge >= 0.3 is 5.97 Å². The molecule has 0 saturated carbocycles. The van der Waals surface area contributed by atoms with E-state index in [0.29, 0.717) is 15.7 Å². The van der Waals surface area contributed by atoms with Crippen molar-refractivity contribution in [1.29, 1.82) is 0 Å². The molecule has 0 fully saturated rings. The standard InChI is InChI=1S/C12H7ClN2O2S/c13-10-4-3-9(18-10)11-14-6-8-7(12(16)17)2-1-5-15(8)11/h1-6H,(H,16,17). The Hall–Kier alpha value is -1.85. The van der Waals surface area contributed by atoms with Gasteiger partial charge in [0.1, 0.15) is 0 Å². The van der Waals surface area contributed by atoms with Gasteiger partial charge in [-0.2, -0.15) is 0 Å². The van der Waals surface area contributed by atoms with Crippen molar-refractivity contribution in [3.05, 3.63) is 46.6 Å². The first-order valence-electron chi connectivity index (χ1n) is 5.12. The van der Waals surface area contributed by atoms with E-state index in [1.165, 1.54) is 11.3 Å². The predicted octanol–water partition coefficient (Wildman–Crippen LogP) is 3.41. The molecule has 18 heavy (non-hydrogen) atoms. The Labute approximate surface area is 111 Å². The van der Waals surface area contributed by atoms with Crippen molar-refractivity contribution in [3.8, 4) is 10.7 Å². The van der Waals surface area contributed by atoms with Gasteiger partial charge in [-0.1, -0.05) is 11.6 Å². The third kappa shape index (κ3) is 1.68. The third-order valence-electron chi connectivity index (χ3n) is 2.59. The van der Waals surface area contributed by atoms with Crippen LogP contribution in [0.5, 0.6) is 0 Å². The van der Waals surface area contributed by atoms with E-state index in [1.807, 2.05) is 6.07 Å². The molecule has 1 N–H and O–H groups in total. The van der Waals surface area contributed by atoms with E-state index in [0.717, 1.165) is 4.88 Å². The number of pyridine rings is 1. The zero-order valence-electron chi connectivity index (χ0n) is 9.00. The van der Waals surface area contributed by atoms with Crippen LogP contribution in [-0.2, 0) is 0 Å². The van der Waals surface area contributed by atoms with Gasteiger partial charge in [-0.3, -0.25) is 4.40 Å². The van der Waals surface area contributed by atoms with Gasteiger partial charge in [-0.05, 0) is 24.3 Å². The number of carboxylic acids is 1. The normalized spacial score (nSPS) is 10.9. The summed E-state index contributed by atoms with van der Waals surface area (Å²) < 4.78 is 2.43. The van der Waals surface area contributed by atoms with Crippen molar-refractivity contribution in [3.63, 3.8) is 0 Å². The Morgan fingerprint density at radius 3 is 2.89 bits per heavy atom. The molecule has 0 aliphatic rings. The molecule has 0 atom stereocenters. The van der Waals surface area contributed by atoms with E-state index < -0.39 is 5.97 Å². The maximum atomic E-state index is 11.1. The van der Waals surface area contributed by atoms with Gasteiger partial charge in [0.2, 0.25) is 0 Å². The van der Waals surface area contributed by atoms with Crippen molar-refractivity contribution in [2.24, 2.45) is 0 Å². The number of nitrogens with zero attached hydrogens (tertiary/aromatic N) is 2. The highest BCUT2D eigenvalue weighted by Crippen LogP contribution is 2.31. The summed E-state index contributed by atoms with van der Waals surface area (Å²) in [7, 11) is 0. The lowest BCUT2D eigenvalue weighted by molar-refractivity contribution is 0.0698. The number of imidazole rings is 1. The number of thiophene rings is 1. The van der Waals surface area contributed by atoms with E-state index in [9.17, 15) is 4.79 Å². The molecular weight excluding hydrogens is 272 g/mol. The van der Waals surface area contributed by atoms with Crippen LogP contribution in [0.2, 0.25) is 4.34 Å². The fourth-order valence-electron chi connectivity index (χ4n) is 1.82. The highest BCUT2D eigenvalue weighted by atomic mass is 35.5. The van der Waals surface area contributed by atoms with Gasteiger partial charge in [0.05, 0.1) is 26.5 Å². The van der Waals surface area contributed by atoms with Crippen LogP contribution < -0.4 is 0 Å². The average Bonchev–Trinajstić information content (AvgIpc) is 2.93. The number of hydrogen-bond acceptors (Lipinski definition) is 3. The highest BCUT2D eigenvalue weighted by Gasteiger charge is 2.14. The van der Waals surface area contributed by atoms with E-state index in [1.54, 1.807) is 35.0 Å². The van der Waals surface area contributed by atoms with Crippen molar-refractivity contribution >= 4 is 34.4 Å². The molecule has 0 unspecified atom stereocenters. The third-order valence-corrected chi connectivity index (χ3v) is 3.82. The Morgan fingerprint density at radius 1 is 1.39 bits per heavy atom. The van der Waals surface area contributed by atoms with Crippen molar-refractivity contribution in [2.45, 2.75) is 0 Å². The van der Waals surface area contributed by atoms with Crippen molar-refractivity contribution < 1.29 is 9.90 Å². The predicted molar refractivity (Wildman–Crippen MR) is 70.5 cm³/mol. The van der Waals surface area contributed by atoms with Crippen molar-refractivity contribution in [2.75, 3.05) is 0 Å². The monoisotopic (exact) mass is 278 g/mol. The molecule has 0 amide bonds. The molecule has 0 radical (unpaired) electrons. The molecule has 3 aromatic rings. The fraction of sp³-hybridized carbons (Fsp3) is 0. The highest BCUT2D eigenvalue weighted by molar-refractivity contribution is 7.19. The van der Waals surface area contributed by atoms with Crippen molar-refractivity contribution in [1.82, 2.24) is 9.38 Å². The number of fused-ring (bicyclic) bond motifs is 1.